The highest BCUT2D eigenvalue weighted by Crippen LogP contribution is 2.39. The average Bonchev–Trinajstić information content (AvgIpc) is 2.75. The fraction of sp³-hybridized carbons (Fsp3) is 0.545. The van der Waals surface area contributed by atoms with E-state index in [4.69, 9.17) is 4.52 Å². The molecule has 2 aliphatic heterocycles. The van der Waals surface area contributed by atoms with Crippen molar-refractivity contribution in [3.63, 3.8) is 0 Å². The van der Waals surface area contributed by atoms with Crippen LogP contribution in [0.4, 0.5) is 0 Å². The van der Waals surface area contributed by atoms with Gasteiger partial charge >= 0.3 is 0 Å². The lowest BCUT2D eigenvalue weighted by Gasteiger charge is -2.44. The summed E-state index contributed by atoms with van der Waals surface area (Å²) in [4.78, 5) is 2.47. The van der Waals surface area contributed by atoms with Crippen LogP contribution in [0.3, 0.4) is 0 Å². The van der Waals surface area contributed by atoms with Gasteiger partial charge in [0.05, 0.1) is 11.7 Å². The molecule has 1 aromatic rings. The Morgan fingerprint density at radius 3 is 3.07 bits per heavy atom. The molecule has 0 aliphatic carbocycles. The average molecular weight is 188 g/mol. The lowest BCUT2D eigenvalue weighted by atomic mass is 9.86. The van der Waals surface area contributed by atoms with Crippen LogP contribution in [0.2, 0.25) is 0 Å². The topological polar surface area (TPSA) is 29.3 Å². The zero-order chi connectivity index (χ0) is 9.43. The molecule has 0 amide bonds. The van der Waals surface area contributed by atoms with Crippen LogP contribution in [-0.2, 0) is 0 Å². The molecule has 1 atom stereocenters. The summed E-state index contributed by atoms with van der Waals surface area (Å²) in [5.41, 5.74) is 0.187. The predicted molar refractivity (Wildman–Crippen MR) is 51.5 cm³/mol. The van der Waals surface area contributed by atoms with Crippen molar-refractivity contribution < 1.29 is 4.52 Å². The summed E-state index contributed by atoms with van der Waals surface area (Å²) in [5, 5.41) is 3.64. The Bertz CT molecular complexity index is 387. The molecule has 0 bridgehead atoms. The van der Waals surface area contributed by atoms with Crippen LogP contribution in [0, 0.1) is 11.8 Å². The highest BCUT2D eigenvalue weighted by Gasteiger charge is 2.46. The van der Waals surface area contributed by atoms with Gasteiger partial charge in [-0.2, -0.15) is 0 Å². The van der Waals surface area contributed by atoms with Crippen LogP contribution < -0.4 is 0 Å². The molecule has 3 rings (SSSR count). The van der Waals surface area contributed by atoms with Crippen molar-refractivity contribution in [1.29, 1.82) is 0 Å². The predicted octanol–water partition coefficient (Wildman–Crippen LogP) is 1.26. The number of hydrogen-bond donors (Lipinski definition) is 0. The third-order valence-electron chi connectivity index (χ3n) is 3.28. The van der Waals surface area contributed by atoms with Crippen LogP contribution in [0.5, 0.6) is 0 Å². The molecular weight excluding hydrogens is 176 g/mol. The van der Waals surface area contributed by atoms with Crippen molar-refractivity contribution in [2.24, 2.45) is 0 Å². The van der Waals surface area contributed by atoms with E-state index in [9.17, 15) is 0 Å². The molecule has 0 saturated carbocycles. The van der Waals surface area contributed by atoms with Gasteiger partial charge in [0.25, 0.3) is 0 Å². The van der Waals surface area contributed by atoms with Crippen LogP contribution in [0.25, 0.3) is 0 Å². The number of hydrogen-bond acceptors (Lipinski definition) is 3. The van der Waals surface area contributed by atoms with E-state index in [-0.39, 0.29) is 5.54 Å². The first-order valence-electron chi connectivity index (χ1n) is 5.08. The van der Waals surface area contributed by atoms with Crippen molar-refractivity contribution >= 4 is 0 Å². The van der Waals surface area contributed by atoms with Crippen molar-refractivity contribution in [3.8, 4) is 11.8 Å². The largest absolute Gasteiger partial charge is 0.348 e. The third-order valence-corrected chi connectivity index (χ3v) is 3.28. The maximum Gasteiger partial charge on any atom is 0.209 e. The van der Waals surface area contributed by atoms with Gasteiger partial charge in [-0.25, -0.2) is 0 Å². The molecular formula is C11H12N2O. The summed E-state index contributed by atoms with van der Waals surface area (Å²) in [5.74, 6) is 7.09. The summed E-state index contributed by atoms with van der Waals surface area (Å²) in [7, 11) is 0. The second-order valence-corrected chi connectivity index (χ2v) is 4.00. The number of nitrogens with zero attached hydrogens (tertiary/aromatic N) is 2. The summed E-state index contributed by atoms with van der Waals surface area (Å²) in [6, 6.07) is 1.81. The number of aromatic nitrogens is 1. The Labute approximate surface area is 83.1 Å². The van der Waals surface area contributed by atoms with E-state index in [2.05, 4.69) is 21.9 Å². The van der Waals surface area contributed by atoms with Crippen LogP contribution in [0.1, 0.15) is 25.0 Å². The monoisotopic (exact) mass is 188 g/mol. The second-order valence-electron chi connectivity index (χ2n) is 4.00. The Morgan fingerprint density at radius 1 is 1.43 bits per heavy atom. The van der Waals surface area contributed by atoms with E-state index in [1.807, 2.05) is 6.07 Å². The molecule has 3 heterocycles. The van der Waals surface area contributed by atoms with Gasteiger partial charge in [0.15, 0.2) is 0 Å². The third kappa shape index (κ3) is 1.08. The number of rotatable bonds is 0. The Morgan fingerprint density at radius 2 is 2.43 bits per heavy atom. The van der Waals surface area contributed by atoms with E-state index < -0.39 is 0 Å². The van der Waals surface area contributed by atoms with E-state index in [0.717, 1.165) is 0 Å². The molecule has 3 heteroatoms. The van der Waals surface area contributed by atoms with E-state index in [0.29, 0.717) is 5.76 Å². The van der Waals surface area contributed by atoms with Crippen molar-refractivity contribution in [2.75, 3.05) is 13.1 Å². The normalized spacial score (nSPS) is 30.3. The maximum atomic E-state index is 4.96. The van der Waals surface area contributed by atoms with Crippen LogP contribution in [0.15, 0.2) is 16.8 Å². The van der Waals surface area contributed by atoms with Gasteiger partial charge in [0, 0.05) is 12.6 Å². The van der Waals surface area contributed by atoms with Gasteiger partial charge in [-0.05, 0) is 31.7 Å². The summed E-state index contributed by atoms with van der Waals surface area (Å²) >= 11 is 0. The molecule has 14 heavy (non-hydrogen) atoms. The molecule has 2 aliphatic rings. The van der Waals surface area contributed by atoms with Gasteiger partial charge in [-0.1, -0.05) is 11.1 Å². The van der Waals surface area contributed by atoms with Crippen molar-refractivity contribution in [1.82, 2.24) is 10.1 Å². The molecule has 1 unspecified atom stereocenters. The van der Waals surface area contributed by atoms with Gasteiger partial charge in [0.2, 0.25) is 5.76 Å². The first-order valence-corrected chi connectivity index (χ1v) is 5.08. The minimum absolute atomic E-state index is 0.187. The molecule has 0 N–H and O–H groups in total. The second kappa shape index (κ2) is 2.86. The lowest BCUT2D eigenvalue weighted by Crippen LogP contribution is -2.54. The molecule has 2 fully saturated rings. The highest BCUT2D eigenvalue weighted by atomic mass is 16.5. The molecule has 0 radical (unpaired) electrons. The fourth-order valence-electron chi connectivity index (χ4n) is 2.37. The molecule has 72 valence electrons. The SMILES string of the molecule is C(#CC12CCCN1CC2)c1ccno1. The molecule has 1 aromatic heterocycles. The maximum absolute atomic E-state index is 4.96. The van der Waals surface area contributed by atoms with Gasteiger partial charge in [-0.3, -0.25) is 4.90 Å². The van der Waals surface area contributed by atoms with Gasteiger partial charge in [-0.15, -0.1) is 0 Å². The Hall–Kier alpha value is -1.27. The Kier molecular flexibility index (Phi) is 1.65. The zero-order valence-corrected chi connectivity index (χ0v) is 7.99. The van der Waals surface area contributed by atoms with Crippen molar-refractivity contribution in [2.45, 2.75) is 24.8 Å². The quantitative estimate of drug-likeness (QED) is 0.574. The minimum Gasteiger partial charge on any atom is -0.348 e. The fourth-order valence-corrected chi connectivity index (χ4v) is 2.37. The Balaban J connectivity index is 1.84. The first-order chi connectivity index (χ1) is 6.89. The van der Waals surface area contributed by atoms with E-state index in [1.54, 1.807) is 6.20 Å². The van der Waals surface area contributed by atoms with Gasteiger partial charge in [0.1, 0.15) is 0 Å². The van der Waals surface area contributed by atoms with Crippen LogP contribution >= 0.6 is 0 Å². The van der Waals surface area contributed by atoms with Gasteiger partial charge < -0.3 is 4.52 Å². The smallest absolute Gasteiger partial charge is 0.209 e. The summed E-state index contributed by atoms with van der Waals surface area (Å²) in [6.07, 6.45) is 5.35. The molecule has 2 saturated heterocycles. The molecule has 3 nitrogen and oxygen atoms in total. The molecule has 0 aromatic carbocycles. The van der Waals surface area contributed by atoms with E-state index in [1.165, 1.54) is 32.4 Å². The standard InChI is InChI=1S/C11H12N2O/c1-4-11(6-9-13(11)8-1)5-2-10-3-7-12-14-10/h3,7H,1,4,6,8-9H2. The lowest BCUT2D eigenvalue weighted by molar-refractivity contribution is 0.0800. The van der Waals surface area contributed by atoms with Crippen molar-refractivity contribution in [3.05, 3.63) is 18.0 Å². The summed E-state index contributed by atoms with van der Waals surface area (Å²) in [6.45, 7) is 2.43. The highest BCUT2D eigenvalue weighted by molar-refractivity contribution is 5.32. The zero-order valence-electron chi connectivity index (χ0n) is 7.99. The first kappa shape index (κ1) is 8.07. The number of fused-ring (bicyclic) bond motifs is 1. The molecule has 0 spiro atoms. The summed E-state index contributed by atoms with van der Waals surface area (Å²) < 4.78 is 4.96. The van der Waals surface area contributed by atoms with E-state index >= 15 is 0 Å². The van der Waals surface area contributed by atoms with Crippen LogP contribution in [-0.4, -0.2) is 28.7 Å². The minimum atomic E-state index is 0.187.